The van der Waals surface area contributed by atoms with Gasteiger partial charge in [-0.3, -0.25) is 4.90 Å². The van der Waals surface area contributed by atoms with Crippen molar-refractivity contribution in [3.8, 4) is 0 Å². The van der Waals surface area contributed by atoms with Crippen LogP contribution < -0.4 is 0 Å². The van der Waals surface area contributed by atoms with Crippen LogP contribution in [-0.4, -0.2) is 42.9 Å². The van der Waals surface area contributed by atoms with Gasteiger partial charge in [-0.05, 0) is 34.5 Å². The molecule has 1 aromatic heterocycles. The Balaban J connectivity index is 1.94. The molecule has 2 atom stereocenters. The summed E-state index contributed by atoms with van der Waals surface area (Å²) >= 11 is 3.01. The van der Waals surface area contributed by atoms with Crippen LogP contribution in [0.3, 0.4) is 0 Å². The lowest BCUT2D eigenvalue weighted by Crippen LogP contribution is -2.56. The van der Waals surface area contributed by atoms with E-state index in [0.29, 0.717) is 6.54 Å². The molecule has 2 heterocycles. The molecule has 1 fully saturated rings. The highest BCUT2D eigenvalue weighted by molar-refractivity contribution is 9.10. The maximum atomic E-state index is 13.3. The molecule has 0 unspecified atom stereocenters. The number of pyridine rings is 1. The molecule has 7 heteroatoms. The Morgan fingerprint density at radius 1 is 1.58 bits per heavy atom. The zero-order valence-corrected chi connectivity index (χ0v) is 13.2. The maximum absolute atomic E-state index is 13.3. The first-order valence-corrected chi connectivity index (χ1v) is 8.83. The molecule has 0 N–H and O–H groups in total. The van der Waals surface area contributed by atoms with Gasteiger partial charge in [-0.15, -0.1) is 0 Å². The Morgan fingerprint density at radius 3 is 2.79 bits per heavy atom. The third-order valence-corrected chi connectivity index (χ3v) is 5.10. The summed E-state index contributed by atoms with van der Waals surface area (Å²) in [7, 11) is -2.93. The number of nitrogens with zero attached hydrogens (tertiary/aromatic N) is 2. The molecular formula is C12H16BrFN2O2S. The lowest BCUT2D eigenvalue weighted by Gasteiger charge is -2.46. The second kappa shape index (κ2) is 5.46. The van der Waals surface area contributed by atoms with Crippen LogP contribution in [0.1, 0.15) is 12.5 Å². The van der Waals surface area contributed by atoms with Crippen molar-refractivity contribution in [1.82, 2.24) is 9.88 Å². The molecule has 0 saturated carbocycles. The van der Waals surface area contributed by atoms with Gasteiger partial charge >= 0.3 is 0 Å². The zero-order chi connectivity index (χ0) is 14.2. The maximum Gasteiger partial charge on any atom is 0.156 e. The summed E-state index contributed by atoms with van der Waals surface area (Å²) < 4.78 is 36.0. The standard InChI is InChI=1S/C12H16BrFN2O2S/c1-8-10(7-19(2,17)18)6-16(8)5-9-3-11(14)12(13)15-4-9/h3-4,8,10H,5-7H2,1-2H3/t8-,10-/m0/s1. The topological polar surface area (TPSA) is 50.3 Å². The van der Waals surface area contributed by atoms with Crippen molar-refractivity contribution < 1.29 is 12.8 Å². The number of hydrogen-bond donors (Lipinski definition) is 0. The van der Waals surface area contributed by atoms with Crippen LogP contribution in [0, 0.1) is 11.7 Å². The Kier molecular flexibility index (Phi) is 4.27. The average molecular weight is 351 g/mol. The summed E-state index contributed by atoms with van der Waals surface area (Å²) in [6.07, 6.45) is 2.89. The number of sulfone groups is 1. The van der Waals surface area contributed by atoms with Gasteiger partial charge in [-0.25, -0.2) is 17.8 Å². The van der Waals surface area contributed by atoms with Gasteiger partial charge in [-0.1, -0.05) is 0 Å². The molecule has 0 aromatic carbocycles. The average Bonchev–Trinajstić information content (AvgIpc) is 2.30. The van der Waals surface area contributed by atoms with E-state index >= 15 is 0 Å². The van der Waals surface area contributed by atoms with Crippen molar-refractivity contribution >= 4 is 25.8 Å². The highest BCUT2D eigenvalue weighted by atomic mass is 79.9. The first-order valence-electron chi connectivity index (χ1n) is 5.98. The third kappa shape index (κ3) is 3.73. The lowest BCUT2D eigenvalue weighted by molar-refractivity contribution is 0.0323. The first-order chi connectivity index (χ1) is 8.76. The van der Waals surface area contributed by atoms with E-state index in [-0.39, 0.29) is 28.1 Å². The van der Waals surface area contributed by atoms with E-state index in [4.69, 9.17) is 0 Å². The van der Waals surface area contributed by atoms with E-state index in [1.807, 2.05) is 6.92 Å². The van der Waals surface area contributed by atoms with Crippen LogP contribution in [0.4, 0.5) is 4.39 Å². The summed E-state index contributed by atoms with van der Waals surface area (Å²) in [4.78, 5) is 6.04. The predicted octanol–water partition coefficient (Wildman–Crippen LogP) is 1.85. The summed E-state index contributed by atoms with van der Waals surface area (Å²) in [5, 5.41) is 0. The van der Waals surface area contributed by atoms with Crippen LogP contribution >= 0.6 is 15.9 Å². The Bertz CT molecular complexity index is 579. The number of rotatable bonds is 4. The minimum atomic E-state index is -2.93. The molecule has 1 aromatic rings. The van der Waals surface area contributed by atoms with Crippen molar-refractivity contribution in [2.75, 3.05) is 18.6 Å². The van der Waals surface area contributed by atoms with Gasteiger partial charge in [0.15, 0.2) is 5.82 Å². The monoisotopic (exact) mass is 350 g/mol. The van der Waals surface area contributed by atoms with Gasteiger partial charge in [0.25, 0.3) is 0 Å². The van der Waals surface area contributed by atoms with Crippen molar-refractivity contribution in [3.05, 3.63) is 28.2 Å². The SMILES string of the molecule is C[C@H]1[C@H](CS(C)(=O)=O)CN1Cc1cnc(Br)c(F)c1. The van der Waals surface area contributed by atoms with Crippen molar-refractivity contribution in [2.24, 2.45) is 5.92 Å². The Morgan fingerprint density at radius 2 is 2.26 bits per heavy atom. The molecule has 0 amide bonds. The summed E-state index contributed by atoms with van der Waals surface area (Å²) in [5.41, 5.74) is 0.797. The van der Waals surface area contributed by atoms with E-state index in [1.165, 1.54) is 12.3 Å². The molecular weight excluding hydrogens is 335 g/mol. The molecule has 1 aliphatic rings. The second-order valence-electron chi connectivity index (χ2n) is 5.14. The van der Waals surface area contributed by atoms with Crippen LogP contribution in [0.25, 0.3) is 0 Å². The van der Waals surface area contributed by atoms with E-state index < -0.39 is 9.84 Å². The molecule has 0 radical (unpaired) electrons. The second-order valence-corrected chi connectivity index (χ2v) is 8.07. The van der Waals surface area contributed by atoms with Crippen molar-refractivity contribution in [1.29, 1.82) is 0 Å². The van der Waals surface area contributed by atoms with Gasteiger partial charge in [-0.2, -0.15) is 0 Å². The summed E-state index contributed by atoms with van der Waals surface area (Å²) in [5.74, 6) is 0.0130. The lowest BCUT2D eigenvalue weighted by atomic mass is 9.91. The van der Waals surface area contributed by atoms with Gasteiger partial charge in [0.1, 0.15) is 14.4 Å². The van der Waals surface area contributed by atoms with Gasteiger partial charge < -0.3 is 0 Å². The number of likely N-dealkylation sites (tertiary alicyclic amines) is 1. The van der Waals surface area contributed by atoms with Crippen LogP contribution in [0.15, 0.2) is 16.9 Å². The van der Waals surface area contributed by atoms with Crippen LogP contribution in [-0.2, 0) is 16.4 Å². The zero-order valence-electron chi connectivity index (χ0n) is 10.8. The first kappa shape index (κ1) is 14.9. The van der Waals surface area contributed by atoms with Crippen LogP contribution in [0.5, 0.6) is 0 Å². The number of aromatic nitrogens is 1. The van der Waals surface area contributed by atoms with Gasteiger partial charge in [0.05, 0.1) is 5.75 Å². The molecule has 0 bridgehead atoms. The van der Waals surface area contributed by atoms with Crippen molar-refractivity contribution in [2.45, 2.75) is 19.5 Å². The third-order valence-electron chi connectivity index (χ3n) is 3.48. The molecule has 106 valence electrons. The van der Waals surface area contributed by atoms with E-state index in [0.717, 1.165) is 12.1 Å². The normalized spacial score (nSPS) is 24.2. The van der Waals surface area contributed by atoms with Crippen molar-refractivity contribution in [3.63, 3.8) is 0 Å². The summed E-state index contributed by atoms with van der Waals surface area (Å²) in [6.45, 7) is 3.33. The fraction of sp³-hybridized carbons (Fsp3) is 0.583. The Hall–Kier alpha value is -0.530. The smallest absolute Gasteiger partial charge is 0.156 e. The predicted molar refractivity (Wildman–Crippen MR) is 75.0 cm³/mol. The fourth-order valence-corrected chi connectivity index (χ4v) is 3.73. The number of halogens is 2. The fourth-order valence-electron chi connectivity index (χ4n) is 2.35. The van der Waals surface area contributed by atoms with E-state index in [2.05, 4.69) is 25.8 Å². The molecule has 0 spiro atoms. The molecule has 2 rings (SSSR count). The molecule has 1 saturated heterocycles. The largest absolute Gasteiger partial charge is 0.296 e. The highest BCUT2D eigenvalue weighted by Crippen LogP contribution is 2.28. The van der Waals surface area contributed by atoms with Crippen LogP contribution in [0.2, 0.25) is 0 Å². The minimum absolute atomic E-state index is 0.170. The molecule has 19 heavy (non-hydrogen) atoms. The highest BCUT2D eigenvalue weighted by Gasteiger charge is 2.37. The number of hydrogen-bond acceptors (Lipinski definition) is 4. The minimum Gasteiger partial charge on any atom is -0.296 e. The Labute approximate surface area is 121 Å². The quantitative estimate of drug-likeness (QED) is 0.777. The van der Waals surface area contributed by atoms with E-state index in [9.17, 15) is 12.8 Å². The molecule has 0 aliphatic carbocycles. The van der Waals surface area contributed by atoms with Gasteiger partial charge in [0, 0.05) is 37.5 Å². The molecule has 4 nitrogen and oxygen atoms in total. The van der Waals surface area contributed by atoms with E-state index in [1.54, 1.807) is 6.20 Å². The summed E-state index contributed by atoms with van der Waals surface area (Å²) in [6, 6.07) is 1.65. The molecule has 1 aliphatic heterocycles. The van der Waals surface area contributed by atoms with Gasteiger partial charge in [0.2, 0.25) is 0 Å².